The minimum Gasteiger partial charge on any atom is -0.435 e. The Morgan fingerprint density at radius 2 is 1.67 bits per heavy atom. The van der Waals surface area contributed by atoms with E-state index in [0.29, 0.717) is 18.1 Å². The summed E-state index contributed by atoms with van der Waals surface area (Å²) in [5.74, 6) is 0.172. The lowest BCUT2D eigenvalue weighted by atomic mass is 10.1. The van der Waals surface area contributed by atoms with Crippen LogP contribution in [0, 0.1) is 0 Å². The first-order valence-electron chi connectivity index (χ1n) is 7.71. The van der Waals surface area contributed by atoms with Crippen LogP contribution < -0.4 is 9.47 Å². The van der Waals surface area contributed by atoms with Gasteiger partial charge in [-0.25, -0.2) is 4.98 Å². The summed E-state index contributed by atoms with van der Waals surface area (Å²) in [4.78, 5) is 4.51. The maximum Gasteiger partial charge on any atom is 0.387 e. The van der Waals surface area contributed by atoms with E-state index < -0.39 is 13.2 Å². The van der Waals surface area contributed by atoms with Gasteiger partial charge in [0, 0.05) is 29.9 Å². The van der Waals surface area contributed by atoms with E-state index >= 15 is 0 Å². The lowest BCUT2D eigenvalue weighted by Crippen LogP contribution is -2.05. The fourth-order valence-corrected chi connectivity index (χ4v) is 3.02. The largest absolute Gasteiger partial charge is 0.435 e. The van der Waals surface area contributed by atoms with Gasteiger partial charge in [-0.3, -0.25) is 0 Å². The quantitative estimate of drug-likeness (QED) is 0.388. The Morgan fingerprint density at radius 3 is 2.41 bits per heavy atom. The first-order valence-corrected chi connectivity index (χ1v) is 7.71. The summed E-state index contributed by atoms with van der Waals surface area (Å²) in [6.45, 7) is -5.55. The van der Waals surface area contributed by atoms with Crippen LogP contribution in [0.25, 0.3) is 22.6 Å². The van der Waals surface area contributed by atoms with Gasteiger partial charge in [-0.15, -0.1) is 17.0 Å². The molecule has 9 heteroatoms. The van der Waals surface area contributed by atoms with Gasteiger partial charge in [-0.1, -0.05) is 24.3 Å². The van der Waals surface area contributed by atoms with E-state index in [4.69, 9.17) is 0 Å². The van der Waals surface area contributed by atoms with Crippen molar-refractivity contribution in [2.75, 3.05) is 0 Å². The highest BCUT2D eigenvalue weighted by atomic mass is 79.9. The summed E-state index contributed by atoms with van der Waals surface area (Å²) in [5, 5.41) is 0. The molecule has 2 aromatic carbocycles. The molecule has 0 N–H and O–H groups in total. The van der Waals surface area contributed by atoms with Gasteiger partial charge in [-0.2, -0.15) is 17.6 Å². The molecule has 27 heavy (non-hydrogen) atoms. The van der Waals surface area contributed by atoms with Crippen LogP contribution >= 0.6 is 17.0 Å². The number of rotatable bonds is 5. The summed E-state index contributed by atoms with van der Waals surface area (Å²) in [6.07, 6.45) is 1.72. The highest BCUT2D eigenvalue weighted by molar-refractivity contribution is 8.93. The molecule has 0 saturated carbocycles. The number of alkyl halides is 4. The third-order valence-corrected chi connectivity index (χ3v) is 4.05. The number of aromatic nitrogens is 2. The molecule has 0 bridgehead atoms. The smallest absolute Gasteiger partial charge is 0.387 e. The van der Waals surface area contributed by atoms with Crippen LogP contribution in [0.15, 0.2) is 48.7 Å². The SMILES string of the molecule is Br.FC(F)Oc1ccc(-c2cn3c(n2)-c2ccccc2C3)c(OC(F)F)c1. The third-order valence-electron chi connectivity index (χ3n) is 4.05. The molecule has 0 unspecified atom stereocenters. The minimum atomic E-state index is -3.11. The number of imidazole rings is 1. The maximum atomic E-state index is 12.7. The number of ether oxygens (including phenoxy) is 2. The lowest BCUT2D eigenvalue weighted by Gasteiger charge is -2.12. The number of hydrogen-bond acceptors (Lipinski definition) is 3. The Bertz CT molecular complexity index is 962. The van der Waals surface area contributed by atoms with Crippen LogP contribution in [-0.2, 0) is 6.54 Å². The molecule has 0 aliphatic carbocycles. The zero-order chi connectivity index (χ0) is 18.3. The summed E-state index contributed by atoms with van der Waals surface area (Å²) < 4.78 is 60.8. The van der Waals surface area contributed by atoms with Crippen molar-refractivity contribution in [2.24, 2.45) is 0 Å². The predicted octanol–water partition coefficient (Wildman–Crippen LogP) is 5.36. The van der Waals surface area contributed by atoms with Crippen molar-refractivity contribution in [3.63, 3.8) is 0 Å². The molecule has 142 valence electrons. The Labute approximate surface area is 162 Å². The first kappa shape index (κ1) is 19.2. The number of benzene rings is 2. The average molecular weight is 445 g/mol. The van der Waals surface area contributed by atoms with Gasteiger partial charge in [0.15, 0.2) is 0 Å². The van der Waals surface area contributed by atoms with Gasteiger partial charge in [0.2, 0.25) is 0 Å². The van der Waals surface area contributed by atoms with Crippen molar-refractivity contribution < 1.29 is 27.0 Å². The van der Waals surface area contributed by atoms with Crippen molar-refractivity contribution in [1.29, 1.82) is 0 Å². The van der Waals surface area contributed by atoms with Gasteiger partial charge in [0.25, 0.3) is 0 Å². The molecular weight excluding hydrogens is 432 g/mol. The fraction of sp³-hybridized carbons (Fsp3) is 0.167. The van der Waals surface area contributed by atoms with E-state index in [9.17, 15) is 17.6 Å². The molecular formula is C18H13BrF4N2O2. The first-order chi connectivity index (χ1) is 12.5. The van der Waals surface area contributed by atoms with Crippen LogP contribution in [0.5, 0.6) is 11.5 Å². The summed E-state index contributed by atoms with van der Waals surface area (Å²) in [6, 6.07) is 11.4. The van der Waals surface area contributed by atoms with Crippen LogP contribution in [0.1, 0.15) is 5.56 Å². The van der Waals surface area contributed by atoms with E-state index in [-0.39, 0.29) is 34.0 Å². The Hall–Kier alpha value is -2.55. The monoisotopic (exact) mass is 444 g/mol. The maximum absolute atomic E-state index is 12.7. The molecule has 0 amide bonds. The predicted molar refractivity (Wildman–Crippen MR) is 95.8 cm³/mol. The van der Waals surface area contributed by atoms with Crippen molar-refractivity contribution in [3.05, 3.63) is 54.2 Å². The van der Waals surface area contributed by atoms with Crippen LogP contribution in [0.3, 0.4) is 0 Å². The summed E-state index contributed by atoms with van der Waals surface area (Å²) in [7, 11) is 0. The summed E-state index contributed by atoms with van der Waals surface area (Å²) >= 11 is 0. The molecule has 0 fully saturated rings. The molecule has 0 radical (unpaired) electrons. The van der Waals surface area contributed by atoms with Gasteiger partial charge >= 0.3 is 13.2 Å². The van der Waals surface area contributed by atoms with Crippen LogP contribution in [0.2, 0.25) is 0 Å². The topological polar surface area (TPSA) is 36.3 Å². The van der Waals surface area contributed by atoms with E-state index in [2.05, 4.69) is 14.5 Å². The lowest BCUT2D eigenvalue weighted by molar-refractivity contribution is -0.0540. The Morgan fingerprint density at radius 1 is 0.926 bits per heavy atom. The van der Waals surface area contributed by atoms with Crippen LogP contribution in [0.4, 0.5) is 17.6 Å². The highest BCUT2D eigenvalue weighted by Crippen LogP contribution is 2.38. The zero-order valence-corrected chi connectivity index (χ0v) is 15.3. The van der Waals surface area contributed by atoms with Crippen molar-refractivity contribution >= 4 is 17.0 Å². The molecule has 0 spiro atoms. The molecule has 1 aliphatic rings. The molecule has 4 nitrogen and oxygen atoms in total. The van der Waals surface area contributed by atoms with Crippen LogP contribution in [-0.4, -0.2) is 22.8 Å². The van der Waals surface area contributed by atoms with Crippen molar-refractivity contribution in [2.45, 2.75) is 19.8 Å². The minimum absolute atomic E-state index is 0. The van der Waals surface area contributed by atoms with Gasteiger partial charge in [0.1, 0.15) is 17.3 Å². The molecule has 1 aliphatic heterocycles. The van der Waals surface area contributed by atoms with Gasteiger partial charge < -0.3 is 14.0 Å². The third kappa shape index (κ3) is 3.78. The molecule has 0 saturated heterocycles. The number of halogens is 5. The Balaban J connectivity index is 0.00000210. The molecule has 1 aromatic heterocycles. The molecule has 3 aromatic rings. The zero-order valence-electron chi connectivity index (χ0n) is 13.6. The molecule has 4 rings (SSSR count). The fourth-order valence-electron chi connectivity index (χ4n) is 3.02. The number of hydrogen-bond donors (Lipinski definition) is 0. The summed E-state index contributed by atoms with van der Waals surface area (Å²) in [5.41, 5.74) is 2.76. The van der Waals surface area contributed by atoms with E-state index in [1.165, 1.54) is 12.1 Å². The van der Waals surface area contributed by atoms with E-state index in [1.807, 2.05) is 28.8 Å². The average Bonchev–Trinajstić information content (AvgIpc) is 3.11. The van der Waals surface area contributed by atoms with Gasteiger partial charge in [-0.05, 0) is 17.7 Å². The second kappa shape index (κ2) is 7.59. The van der Waals surface area contributed by atoms with Crippen molar-refractivity contribution in [3.8, 4) is 34.1 Å². The Kier molecular flexibility index (Phi) is 5.41. The normalized spacial score (nSPS) is 11.9. The second-order valence-electron chi connectivity index (χ2n) is 5.65. The van der Waals surface area contributed by atoms with Gasteiger partial charge in [0.05, 0.1) is 5.69 Å². The molecule has 2 heterocycles. The number of nitrogens with zero attached hydrogens (tertiary/aromatic N) is 2. The van der Waals surface area contributed by atoms with Crippen molar-refractivity contribution in [1.82, 2.24) is 9.55 Å². The standard InChI is InChI=1S/C18H12F4N2O2.BrH/c19-17(20)25-11-5-6-13(15(7-11)26-18(21)22)14-9-24-8-10-3-1-2-4-12(10)16(24)23-14;/h1-7,9,17-18H,8H2;1H. The van der Waals surface area contributed by atoms with E-state index in [1.54, 1.807) is 6.20 Å². The second-order valence-corrected chi connectivity index (χ2v) is 5.65. The molecule has 0 atom stereocenters. The van der Waals surface area contributed by atoms with E-state index in [0.717, 1.165) is 17.2 Å². The highest BCUT2D eigenvalue weighted by Gasteiger charge is 2.23. The number of fused-ring (bicyclic) bond motifs is 3.